The Morgan fingerprint density at radius 1 is 1.32 bits per heavy atom. The maximum atomic E-state index is 12.4. The molecule has 5 heteroatoms. The third-order valence-corrected chi connectivity index (χ3v) is 3.98. The summed E-state index contributed by atoms with van der Waals surface area (Å²) in [5.74, 6) is -1.08. The lowest BCUT2D eigenvalue weighted by atomic mass is 9.81. The molecule has 19 heavy (non-hydrogen) atoms. The Morgan fingerprint density at radius 3 is 2.42 bits per heavy atom. The summed E-state index contributed by atoms with van der Waals surface area (Å²) in [5.41, 5.74) is -0.419. The molecule has 1 atom stereocenters. The summed E-state index contributed by atoms with van der Waals surface area (Å²) < 4.78 is 5.35. The van der Waals surface area contributed by atoms with Gasteiger partial charge in [0.25, 0.3) is 0 Å². The Balaban J connectivity index is 2.64. The van der Waals surface area contributed by atoms with E-state index in [9.17, 15) is 9.59 Å². The van der Waals surface area contributed by atoms with Crippen LogP contribution in [0.3, 0.4) is 0 Å². The standard InChI is InChI=1S/C14H25NO4/c1-3-11(12(16)17)15-13(18)14(7-5-6-8-14)9-10-19-4-2/h11H,3-10H2,1-2H3,(H,15,18)(H,16,17). The molecular weight excluding hydrogens is 246 g/mol. The monoisotopic (exact) mass is 271 g/mol. The van der Waals surface area contributed by atoms with Crippen LogP contribution in [0.25, 0.3) is 0 Å². The van der Waals surface area contributed by atoms with Crippen molar-refractivity contribution in [1.29, 1.82) is 0 Å². The summed E-state index contributed by atoms with van der Waals surface area (Å²) in [6.07, 6.45) is 4.82. The topological polar surface area (TPSA) is 75.6 Å². The predicted molar refractivity (Wildman–Crippen MR) is 71.9 cm³/mol. The van der Waals surface area contributed by atoms with Crippen LogP contribution in [0.15, 0.2) is 0 Å². The van der Waals surface area contributed by atoms with Crippen molar-refractivity contribution in [2.75, 3.05) is 13.2 Å². The zero-order valence-electron chi connectivity index (χ0n) is 11.9. The minimum Gasteiger partial charge on any atom is -0.480 e. The largest absolute Gasteiger partial charge is 0.480 e. The van der Waals surface area contributed by atoms with Crippen LogP contribution in [-0.4, -0.2) is 36.2 Å². The SMILES string of the molecule is CCOCCC1(C(=O)NC(CC)C(=O)O)CCCC1. The van der Waals surface area contributed by atoms with Crippen LogP contribution in [0.5, 0.6) is 0 Å². The maximum Gasteiger partial charge on any atom is 0.326 e. The molecule has 0 bridgehead atoms. The van der Waals surface area contributed by atoms with E-state index in [0.29, 0.717) is 26.1 Å². The highest BCUT2D eigenvalue weighted by Crippen LogP contribution is 2.41. The molecule has 1 saturated carbocycles. The van der Waals surface area contributed by atoms with Crippen molar-refractivity contribution in [3.63, 3.8) is 0 Å². The third-order valence-electron chi connectivity index (χ3n) is 3.98. The molecule has 0 spiro atoms. The van der Waals surface area contributed by atoms with E-state index in [-0.39, 0.29) is 5.91 Å². The van der Waals surface area contributed by atoms with Crippen LogP contribution < -0.4 is 5.32 Å². The lowest BCUT2D eigenvalue weighted by Gasteiger charge is -2.29. The van der Waals surface area contributed by atoms with Crippen molar-refractivity contribution >= 4 is 11.9 Å². The van der Waals surface area contributed by atoms with E-state index in [2.05, 4.69) is 5.32 Å². The van der Waals surface area contributed by atoms with Gasteiger partial charge in [0, 0.05) is 13.2 Å². The fraction of sp³-hybridized carbons (Fsp3) is 0.857. The van der Waals surface area contributed by atoms with Crippen molar-refractivity contribution in [2.24, 2.45) is 5.41 Å². The average Bonchev–Trinajstić information content (AvgIpc) is 2.85. The number of carboxylic acids is 1. The van der Waals surface area contributed by atoms with Gasteiger partial charge < -0.3 is 15.2 Å². The summed E-state index contributed by atoms with van der Waals surface area (Å²) in [6.45, 7) is 4.90. The Morgan fingerprint density at radius 2 is 1.95 bits per heavy atom. The Bertz CT molecular complexity index is 311. The number of rotatable bonds is 8. The molecule has 0 heterocycles. The van der Waals surface area contributed by atoms with E-state index in [4.69, 9.17) is 9.84 Å². The van der Waals surface area contributed by atoms with Gasteiger partial charge in [0.05, 0.1) is 5.41 Å². The molecule has 0 aromatic heterocycles. The van der Waals surface area contributed by atoms with Crippen LogP contribution >= 0.6 is 0 Å². The quantitative estimate of drug-likeness (QED) is 0.662. The van der Waals surface area contributed by atoms with Crippen molar-refractivity contribution in [2.45, 2.75) is 58.4 Å². The number of nitrogens with one attached hydrogen (secondary N) is 1. The number of carbonyl (C=O) groups is 2. The predicted octanol–water partition coefficient (Wildman–Crippen LogP) is 1.95. The van der Waals surface area contributed by atoms with Gasteiger partial charge in [-0.05, 0) is 32.6 Å². The molecule has 0 aromatic rings. The summed E-state index contributed by atoms with van der Waals surface area (Å²) in [6, 6.07) is -0.780. The van der Waals surface area contributed by atoms with Crippen molar-refractivity contribution in [1.82, 2.24) is 5.32 Å². The van der Waals surface area contributed by atoms with Crippen LogP contribution in [-0.2, 0) is 14.3 Å². The molecule has 0 aliphatic heterocycles. The molecule has 0 radical (unpaired) electrons. The third kappa shape index (κ3) is 4.20. The van der Waals surface area contributed by atoms with Crippen molar-refractivity contribution < 1.29 is 19.4 Å². The fourth-order valence-electron chi connectivity index (χ4n) is 2.70. The Kier molecular flexibility index (Phi) is 6.28. The second-order valence-corrected chi connectivity index (χ2v) is 5.21. The van der Waals surface area contributed by atoms with Crippen LogP contribution in [0.1, 0.15) is 52.4 Å². The van der Waals surface area contributed by atoms with Gasteiger partial charge in [0.15, 0.2) is 0 Å². The lowest BCUT2D eigenvalue weighted by molar-refractivity contribution is -0.144. The molecular formula is C14H25NO4. The highest BCUT2D eigenvalue weighted by Gasteiger charge is 2.41. The number of ether oxygens (including phenoxy) is 1. The first-order valence-electron chi connectivity index (χ1n) is 7.17. The number of carbonyl (C=O) groups excluding carboxylic acids is 1. The Labute approximate surface area is 114 Å². The zero-order valence-corrected chi connectivity index (χ0v) is 11.9. The molecule has 1 aliphatic rings. The molecule has 2 N–H and O–H groups in total. The first kappa shape index (κ1) is 16.0. The van der Waals surface area contributed by atoms with Gasteiger partial charge in [-0.2, -0.15) is 0 Å². The molecule has 0 saturated heterocycles. The highest BCUT2D eigenvalue weighted by molar-refractivity contribution is 5.87. The molecule has 1 amide bonds. The normalized spacial score (nSPS) is 19.1. The van der Waals surface area contributed by atoms with Crippen LogP contribution in [0.2, 0.25) is 0 Å². The minimum absolute atomic E-state index is 0.112. The first-order chi connectivity index (χ1) is 9.05. The number of hydrogen-bond donors (Lipinski definition) is 2. The summed E-state index contributed by atoms with van der Waals surface area (Å²) in [5, 5.41) is 11.7. The Hall–Kier alpha value is -1.10. The minimum atomic E-state index is -0.964. The summed E-state index contributed by atoms with van der Waals surface area (Å²) >= 11 is 0. The van der Waals surface area contributed by atoms with Gasteiger partial charge in [0.2, 0.25) is 5.91 Å². The molecule has 1 aliphatic carbocycles. The number of hydrogen-bond acceptors (Lipinski definition) is 3. The zero-order chi connectivity index (χ0) is 14.3. The number of aliphatic carboxylic acids is 1. The van der Waals surface area contributed by atoms with Gasteiger partial charge in [-0.25, -0.2) is 4.79 Å². The maximum absolute atomic E-state index is 12.4. The molecule has 1 unspecified atom stereocenters. The van der Waals surface area contributed by atoms with Gasteiger partial charge in [-0.3, -0.25) is 4.79 Å². The molecule has 1 rings (SSSR count). The highest BCUT2D eigenvalue weighted by atomic mass is 16.5. The second kappa shape index (κ2) is 7.48. The van der Waals surface area contributed by atoms with E-state index in [1.165, 1.54) is 0 Å². The van der Waals surface area contributed by atoms with Gasteiger partial charge in [-0.15, -0.1) is 0 Å². The van der Waals surface area contributed by atoms with Crippen molar-refractivity contribution in [3.05, 3.63) is 0 Å². The van der Waals surface area contributed by atoms with E-state index in [0.717, 1.165) is 25.7 Å². The van der Waals surface area contributed by atoms with E-state index in [1.807, 2.05) is 6.92 Å². The number of carboxylic acid groups (broad SMARTS) is 1. The summed E-state index contributed by atoms with van der Waals surface area (Å²) in [7, 11) is 0. The molecule has 110 valence electrons. The van der Waals surface area contributed by atoms with Gasteiger partial charge in [0.1, 0.15) is 6.04 Å². The smallest absolute Gasteiger partial charge is 0.326 e. The van der Waals surface area contributed by atoms with Crippen LogP contribution in [0.4, 0.5) is 0 Å². The fourth-order valence-corrected chi connectivity index (χ4v) is 2.70. The van der Waals surface area contributed by atoms with Crippen molar-refractivity contribution in [3.8, 4) is 0 Å². The lowest BCUT2D eigenvalue weighted by Crippen LogP contribution is -2.47. The van der Waals surface area contributed by atoms with Gasteiger partial charge >= 0.3 is 5.97 Å². The molecule has 0 aromatic carbocycles. The second-order valence-electron chi connectivity index (χ2n) is 5.21. The van der Waals surface area contributed by atoms with Crippen LogP contribution in [0, 0.1) is 5.41 Å². The molecule has 1 fully saturated rings. The molecule has 5 nitrogen and oxygen atoms in total. The summed E-state index contributed by atoms with van der Waals surface area (Å²) in [4.78, 5) is 23.4. The van der Waals surface area contributed by atoms with E-state index < -0.39 is 17.4 Å². The van der Waals surface area contributed by atoms with E-state index >= 15 is 0 Å². The average molecular weight is 271 g/mol. The number of amides is 1. The first-order valence-corrected chi connectivity index (χ1v) is 7.17. The van der Waals surface area contributed by atoms with Gasteiger partial charge in [-0.1, -0.05) is 19.8 Å². The van der Waals surface area contributed by atoms with E-state index in [1.54, 1.807) is 6.92 Å².